The Morgan fingerprint density at radius 3 is 1.81 bits per heavy atom. The summed E-state index contributed by atoms with van der Waals surface area (Å²) in [6, 6.07) is 4.59. The maximum absolute atomic E-state index is 2.31. The molecule has 0 aliphatic heterocycles. The Kier molecular flexibility index (Phi) is 4.19. The van der Waals surface area contributed by atoms with E-state index in [1.807, 2.05) is 0 Å². The van der Waals surface area contributed by atoms with Crippen LogP contribution >= 0.6 is 0 Å². The predicted molar refractivity (Wildman–Crippen MR) is 78.5 cm³/mol. The maximum Gasteiger partial charge on any atom is 0.0398 e. The first-order chi connectivity index (χ1) is 7.36. The molecule has 0 saturated carbocycles. The summed E-state index contributed by atoms with van der Waals surface area (Å²) in [5.74, 6) is 1.23. The van der Waals surface area contributed by atoms with Gasteiger partial charge in [-0.25, -0.2) is 0 Å². The lowest BCUT2D eigenvalue weighted by atomic mass is 9.88. The van der Waals surface area contributed by atoms with Gasteiger partial charge in [0.25, 0.3) is 0 Å². The van der Waals surface area contributed by atoms with Crippen LogP contribution in [0.3, 0.4) is 0 Å². The minimum Gasteiger partial charge on any atom is -0.377 e. The van der Waals surface area contributed by atoms with Gasteiger partial charge in [0.2, 0.25) is 0 Å². The van der Waals surface area contributed by atoms with Gasteiger partial charge >= 0.3 is 0 Å². The van der Waals surface area contributed by atoms with E-state index in [4.69, 9.17) is 0 Å². The van der Waals surface area contributed by atoms with E-state index in [-0.39, 0.29) is 0 Å². The standard InChI is InChI=1S/C14H25NSi/c1-9(2)13-11(15(5)6)7-8-12(16)14(13)10(3)4/h7-10H,1-6,16H3. The molecule has 1 nitrogen and oxygen atoms in total. The van der Waals surface area contributed by atoms with Crippen molar-refractivity contribution in [1.29, 1.82) is 0 Å². The van der Waals surface area contributed by atoms with Crippen molar-refractivity contribution in [2.45, 2.75) is 39.5 Å². The smallest absolute Gasteiger partial charge is 0.0398 e. The molecule has 0 heterocycles. The van der Waals surface area contributed by atoms with Crippen molar-refractivity contribution in [3.05, 3.63) is 23.3 Å². The topological polar surface area (TPSA) is 3.24 Å². The summed E-state index contributed by atoms with van der Waals surface area (Å²) in [5.41, 5.74) is 4.53. The number of hydrogen-bond donors (Lipinski definition) is 0. The molecule has 90 valence electrons. The molecule has 0 bridgehead atoms. The van der Waals surface area contributed by atoms with E-state index >= 15 is 0 Å². The molecule has 0 amide bonds. The molecule has 0 atom stereocenters. The molecule has 1 aromatic rings. The Balaban J connectivity index is 3.50. The summed E-state index contributed by atoms with van der Waals surface area (Å²) < 4.78 is 0. The second kappa shape index (κ2) is 5.04. The fraction of sp³-hybridized carbons (Fsp3) is 0.571. The molecule has 16 heavy (non-hydrogen) atoms. The zero-order chi connectivity index (χ0) is 12.5. The van der Waals surface area contributed by atoms with Gasteiger partial charge < -0.3 is 4.90 Å². The van der Waals surface area contributed by atoms with Crippen molar-refractivity contribution in [2.24, 2.45) is 0 Å². The van der Waals surface area contributed by atoms with Gasteiger partial charge in [0.05, 0.1) is 0 Å². The average Bonchev–Trinajstić information content (AvgIpc) is 2.15. The SMILES string of the molecule is CC(C)c1c([SiH3])ccc(N(C)C)c1C(C)C. The molecule has 1 rings (SSSR count). The lowest BCUT2D eigenvalue weighted by Crippen LogP contribution is -2.21. The summed E-state index contributed by atoms with van der Waals surface area (Å²) in [7, 11) is 5.42. The van der Waals surface area contributed by atoms with Crippen molar-refractivity contribution in [3.63, 3.8) is 0 Å². The second-order valence-electron chi connectivity index (χ2n) is 5.43. The van der Waals surface area contributed by atoms with Crippen LogP contribution in [-0.2, 0) is 0 Å². The first kappa shape index (κ1) is 13.3. The molecule has 0 aromatic heterocycles. The monoisotopic (exact) mass is 235 g/mol. The Hall–Kier alpha value is -0.763. The lowest BCUT2D eigenvalue weighted by molar-refractivity contribution is 0.791. The summed E-state index contributed by atoms with van der Waals surface area (Å²) in [5, 5.41) is 1.56. The van der Waals surface area contributed by atoms with Crippen molar-refractivity contribution in [3.8, 4) is 0 Å². The molecule has 0 N–H and O–H groups in total. The fourth-order valence-corrected chi connectivity index (χ4v) is 3.51. The van der Waals surface area contributed by atoms with Crippen LogP contribution in [0.1, 0.15) is 50.7 Å². The van der Waals surface area contributed by atoms with E-state index in [0.29, 0.717) is 11.8 Å². The van der Waals surface area contributed by atoms with Crippen molar-refractivity contribution in [2.75, 3.05) is 19.0 Å². The number of rotatable bonds is 3. The summed E-state index contributed by atoms with van der Waals surface area (Å²) >= 11 is 0. The number of nitrogens with zero attached hydrogens (tertiary/aromatic N) is 1. The van der Waals surface area contributed by atoms with Gasteiger partial charge in [-0.15, -0.1) is 0 Å². The van der Waals surface area contributed by atoms with Crippen molar-refractivity contribution < 1.29 is 0 Å². The third kappa shape index (κ3) is 2.49. The summed E-state index contributed by atoms with van der Waals surface area (Å²) in [4.78, 5) is 2.24. The molecule has 0 aliphatic rings. The highest BCUT2D eigenvalue weighted by Gasteiger charge is 2.17. The van der Waals surface area contributed by atoms with Gasteiger partial charge in [0, 0.05) is 30.0 Å². The molecule has 0 spiro atoms. The van der Waals surface area contributed by atoms with E-state index in [0.717, 1.165) is 10.2 Å². The maximum atomic E-state index is 2.31. The lowest BCUT2D eigenvalue weighted by Gasteiger charge is -2.26. The van der Waals surface area contributed by atoms with Gasteiger partial charge in [-0.3, -0.25) is 0 Å². The van der Waals surface area contributed by atoms with Gasteiger partial charge in [-0.1, -0.05) is 38.9 Å². The molecule has 2 heteroatoms. The highest BCUT2D eigenvalue weighted by molar-refractivity contribution is 6.33. The normalized spacial score (nSPS) is 11.5. The number of hydrogen-bond acceptors (Lipinski definition) is 1. The Morgan fingerprint density at radius 1 is 0.938 bits per heavy atom. The molecular weight excluding hydrogens is 210 g/mol. The molecule has 1 aromatic carbocycles. The highest BCUT2D eigenvalue weighted by atomic mass is 28.1. The minimum absolute atomic E-state index is 0.601. The first-order valence-corrected chi connectivity index (χ1v) is 7.17. The molecule has 0 radical (unpaired) electrons. The van der Waals surface area contributed by atoms with Crippen molar-refractivity contribution in [1.82, 2.24) is 0 Å². The van der Waals surface area contributed by atoms with Gasteiger partial charge in [0.1, 0.15) is 0 Å². The van der Waals surface area contributed by atoms with Crippen LogP contribution < -0.4 is 10.1 Å². The van der Waals surface area contributed by atoms with E-state index in [1.165, 1.54) is 5.69 Å². The van der Waals surface area contributed by atoms with E-state index in [2.05, 4.69) is 58.8 Å². The number of benzene rings is 1. The van der Waals surface area contributed by atoms with Crippen LogP contribution in [-0.4, -0.2) is 24.3 Å². The van der Waals surface area contributed by atoms with Crippen LogP contribution in [0.4, 0.5) is 5.69 Å². The van der Waals surface area contributed by atoms with E-state index < -0.39 is 0 Å². The van der Waals surface area contributed by atoms with E-state index in [1.54, 1.807) is 16.3 Å². The Bertz CT molecular complexity index is 367. The molecule has 0 saturated heterocycles. The second-order valence-corrected chi connectivity index (χ2v) is 6.51. The zero-order valence-corrected chi connectivity index (χ0v) is 13.8. The highest BCUT2D eigenvalue weighted by Crippen LogP contribution is 2.32. The predicted octanol–water partition coefficient (Wildman–Crippen LogP) is 1.99. The van der Waals surface area contributed by atoms with Crippen molar-refractivity contribution >= 4 is 21.1 Å². The van der Waals surface area contributed by atoms with E-state index in [9.17, 15) is 0 Å². The van der Waals surface area contributed by atoms with Crippen LogP contribution in [0.5, 0.6) is 0 Å². The molecular formula is C14H25NSi. The molecule has 0 aliphatic carbocycles. The van der Waals surface area contributed by atoms with Crippen LogP contribution in [0.25, 0.3) is 0 Å². The molecule has 0 fully saturated rings. The third-order valence-corrected chi connectivity index (χ3v) is 3.99. The summed E-state index contributed by atoms with van der Waals surface area (Å²) in [6.07, 6.45) is 0. The Morgan fingerprint density at radius 2 is 1.44 bits per heavy atom. The molecule has 0 unspecified atom stereocenters. The quantitative estimate of drug-likeness (QED) is 0.724. The zero-order valence-electron chi connectivity index (χ0n) is 11.8. The first-order valence-electron chi connectivity index (χ1n) is 6.17. The minimum atomic E-state index is 0.601. The average molecular weight is 235 g/mol. The third-order valence-electron chi connectivity index (χ3n) is 3.12. The van der Waals surface area contributed by atoms with Crippen LogP contribution in [0.15, 0.2) is 12.1 Å². The van der Waals surface area contributed by atoms with Crippen LogP contribution in [0.2, 0.25) is 0 Å². The van der Waals surface area contributed by atoms with Gasteiger partial charge in [0.15, 0.2) is 0 Å². The fourth-order valence-electron chi connectivity index (χ4n) is 2.50. The summed E-state index contributed by atoms with van der Waals surface area (Å²) in [6.45, 7) is 9.22. The largest absolute Gasteiger partial charge is 0.377 e. The Labute approximate surface area is 103 Å². The number of anilines is 1. The van der Waals surface area contributed by atoms with Gasteiger partial charge in [-0.05, 0) is 29.0 Å². The van der Waals surface area contributed by atoms with Crippen LogP contribution in [0, 0.1) is 0 Å². The van der Waals surface area contributed by atoms with Gasteiger partial charge in [-0.2, -0.15) is 0 Å².